The Hall–Kier alpha value is -2.27. The maximum Gasteiger partial charge on any atom is 0.409 e. The minimum atomic E-state index is -0.340. The van der Waals surface area contributed by atoms with Crippen molar-refractivity contribution in [2.75, 3.05) is 63.1 Å². The Morgan fingerprint density at radius 1 is 1.06 bits per heavy atom. The van der Waals surface area contributed by atoms with E-state index in [1.165, 1.54) is 11.8 Å². The number of amides is 3. The van der Waals surface area contributed by atoms with E-state index >= 15 is 0 Å². The lowest BCUT2D eigenvalue weighted by molar-refractivity contribution is -0.135. The van der Waals surface area contributed by atoms with E-state index < -0.39 is 0 Å². The minimum absolute atomic E-state index is 0.0340. The highest BCUT2D eigenvalue weighted by molar-refractivity contribution is 7.99. The number of halogens is 1. The minimum Gasteiger partial charge on any atom is -0.450 e. The summed E-state index contributed by atoms with van der Waals surface area (Å²) in [6.45, 7) is 14.1. The van der Waals surface area contributed by atoms with Crippen LogP contribution >= 0.6 is 23.4 Å². The van der Waals surface area contributed by atoms with Gasteiger partial charge in [-0.3, -0.25) is 9.59 Å². The molecule has 0 N–H and O–H groups in total. The van der Waals surface area contributed by atoms with Crippen LogP contribution in [0, 0.1) is 5.41 Å². The quantitative estimate of drug-likeness (QED) is 0.308. The van der Waals surface area contributed by atoms with Gasteiger partial charge in [-0.05, 0) is 19.3 Å². The Balaban J connectivity index is 1.54. The number of carbonyl (C=O) groups is 3. The molecule has 2 aliphatic heterocycles. The molecule has 200 valence electrons. The average molecular weight is 541 g/mol. The fourth-order valence-corrected chi connectivity index (χ4v) is 5.26. The summed E-state index contributed by atoms with van der Waals surface area (Å²) in [5, 5.41) is 0.756. The number of aromatic nitrogens is 2. The van der Waals surface area contributed by atoms with Crippen molar-refractivity contribution in [1.29, 1.82) is 0 Å². The molecule has 0 aromatic carbocycles. The molecule has 3 heterocycles. The number of nitrogens with zero attached hydrogens (tertiary/aromatic N) is 6. The molecule has 2 aliphatic rings. The van der Waals surface area contributed by atoms with Gasteiger partial charge in [-0.1, -0.05) is 44.1 Å². The van der Waals surface area contributed by atoms with Gasteiger partial charge in [-0.2, -0.15) is 0 Å². The normalized spacial score (nSPS) is 18.9. The molecule has 0 aliphatic carbocycles. The van der Waals surface area contributed by atoms with Crippen LogP contribution < -0.4 is 4.90 Å². The number of carbonyl (C=O) groups excluding carboxylic acids is 3. The first-order chi connectivity index (χ1) is 17.0. The molecule has 1 unspecified atom stereocenters. The number of hydrogen-bond donors (Lipinski definition) is 0. The summed E-state index contributed by atoms with van der Waals surface area (Å²) >= 11 is 7.54. The van der Waals surface area contributed by atoms with E-state index in [0.29, 0.717) is 75.0 Å². The van der Waals surface area contributed by atoms with Gasteiger partial charge in [-0.25, -0.2) is 14.8 Å². The van der Waals surface area contributed by atoms with Crippen molar-refractivity contribution in [3.8, 4) is 0 Å². The molecule has 1 aromatic heterocycles. The summed E-state index contributed by atoms with van der Waals surface area (Å²) < 4.78 is 5.03. The summed E-state index contributed by atoms with van der Waals surface area (Å²) in [5.41, 5.74) is -0.0495. The number of rotatable bonds is 6. The first-order valence-corrected chi connectivity index (χ1v) is 13.7. The SMILES string of the molecule is CCOC(=O)N1CCN(C(=O)CSc2nc(Cl)cc(N3CCN(C(=O)CC(C)(C)C)C(C)C3)n2)CC1. The summed E-state index contributed by atoms with van der Waals surface area (Å²) in [5.74, 6) is 1.02. The van der Waals surface area contributed by atoms with Crippen molar-refractivity contribution in [3.63, 3.8) is 0 Å². The number of thioether (sulfide) groups is 1. The Bertz CT molecular complexity index is 951. The molecule has 0 spiro atoms. The third kappa shape index (κ3) is 7.86. The van der Waals surface area contributed by atoms with Crippen molar-refractivity contribution < 1.29 is 19.1 Å². The van der Waals surface area contributed by atoms with Crippen molar-refractivity contribution in [3.05, 3.63) is 11.2 Å². The van der Waals surface area contributed by atoms with Gasteiger partial charge in [0.25, 0.3) is 0 Å². The Labute approximate surface area is 222 Å². The number of piperazine rings is 2. The summed E-state index contributed by atoms with van der Waals surface area (Å²) in [4.78, 5) is 53.6. The Kier molecular flexibility index (Phi) is 9.68. The molecule has 2 fully saturated rings. The molecule has 10 nitrogen and oxygen atoms in total. The molecule has 36 heavy (non-hydrogen) atoms. The van der Waals surface area contributed by atoms with Gasteiger partial charge >= 0.3 is 6.09 Å². The van der Waals surface area contributed by atoms with Gasteiger partial charge in [0.15, 0.2) is 5.16 Å². The van der Waals surface area contributed by atoms with Crippen molar-refractivity contribution in [2.45, 2.75) is 52.2 Å². The van der Waals surface area contributed by atoms with E-state index in [1.54, 1.807) is 22.8 Å². The van der Waals surface area contributed by atoms with Crippen molar-refractivity contribution in [2.24, 2.45) is 5.41 Å². The molecule has 0 bridgehead atoms. The topological polar surface area (TPSA) is 99.2 Å². The van der Waals surface area contributed by atoms with Gasteiger partial charge in [0, 0.05) is 64.3 Å². The largest absolute Gasteiger partial charge is 0.450 e. The van der Waals surface area contributed by atoms with Crippen LogP contribution in [0.4, 0.5) is 10.6 Å². The number of hydrogen-bond acceptors (Lipinski definition) is 8. The monoisotopic (exact) mass is 540 g/mol. The maximum absolute atomic E-state index is 12.7. The smallest absolute Gasteiger partial charge is 0.409 e. The highest BCUT2D eigenvalue weighted by Gasteiger charge is 2.31. The first-order valence-electron chi connectivity index (χ1n) is 12.4. The maximum atomic E-state index is 12.7. The van der Waals surface area contributed by atoms with E-state index in [9.17, 15) is 14.4 Å². The second-order valence-corrected chi connectivity index (χ2v) is 11.6. The number of ether oxygens (including phenoxy) is 1. The second-order valence-electron chi connectivity index (χ2n) is 10.3. The molecule has 1 atom stereocenters. The fraction of sp³-hybridized carbons (Fsp3) is 0.708. The van der Waals surface area contributed by atoms with Gasteiger partial charge in [-0.15, -0.1) is 0 Å². The average Bonchev–Trinajstić information content (AvgIpc) is 2.81. The Morgan fingerprint density at radius 3 is 2.33 bits per heavy atom. The first kappa shape index (κ1) is 28.3. The molecule has 3 rings (SSSR count). The standard InChI is InChI=1S/C24H37ClN6O4S/c1-6-35-23(34)29-9-7-28(8-10-29)21(33)16-36-22-26-18(25)13-19(27-22)30-11-12-31(17(2)15-30)20(32)14-24(3,4)5/h13,17H,6-12,14-16H2,1-5H3. The predicted octanol–water partition coefficient (Wildman–Crippen LogP) is 3.00. The Morgan fingerprint density at radius 2 is 1.72 bits per heavy atom. The van der Waals surface area contributed by atoms with E-state index in [4.69, 9.17) is 16.3 Å². The summed E-state index contributed by atoms with van der Waals surface area (Å²) in [6.07, 6.45) is 0.177. The van der Waals surface area contributed by atoms with E-state index in [-0.39, 0.29) is 35.1 Å². The summed E-state index contributed by atoms with van der Waals surface area (Å²) in [6, 6.07) is 1.77. The molecule has 0 saturated carbocycles. The third-order valence-electron chi connectivity index (χ3n) is 6.10. The van der Waals surface area contributed by atoms with Crippen LogP contribution in [-0.2, 0) is 14.3 Å². The van der Waals surface area contributed by atoms with Gasteiger partial charge in [0.05, 0.1) is 12.4 Å². The zero-order valence-electron chi connectivity index (χ0n) is 21.8. The lowest BCUT2D eigenvalue weighted by Gasteiger charge is -2.41. The van der Waals surface area contributed by atoms with E-state index in [2.05, 4.69) is 35.6 Å². The van der Waals surface area contributed by atoms with Crippen LogP contribution in [0.5, 0.6) is 0 Å². The van der Waals surface area contributed by atoms with Crippen molar-refractivity contribution >= 4 is 47.1 Å². The highest BCUT2D eigenvalue weighted by Crippen LogP contribution is 2.26. The van der Waals surface area contributed by atoms with E-state index in [1.807, 2.05) is 11.8 Å². The fourth-order valence-electron chi connectivity index (χ4n) is 4.27. The van der Waals surface area contributed by atoms with Crippen LogP contribution in [0.15, 0.2) is 11.2 Å². The van der Waals surface area contributed by atoms with Gasteiger partial charge in [0.2, 0.25) is 11.8 Å². The molecule has 1 aromatic rings. The van der Waals surface area contributed by atoms with Crippen LogP contribution in [0.25, 0.3) is 0 Å². The molecule has 0 radical (unpaired) electrons. The van der Waals surface area contributed by atoms with Gasteiger partial charge < -0.3 is 24.3 Å². The van der Waals surface area contributed by atoms with Crippen LogP contribution in [0.3, 0.4) is 0 Å². The molecular weight excluding hydrogens is 504 g/mol. The predicted molar refractivity (Wildman–Crippen MR) is 140 cm³/mol. The zero-order chi connectivity index (χ0) is 26.5. The molecule has 2 saturated heterocycles. The molecular formula is C24H37ClN6O4S. The second kappa shape index (κ2) is 12.3. The molecule has 12 heteroatoms. The van der Waals surface area contributed by atoms with Gasteiger partial charge in [0.1, 0.15) is 11.0 Å². The van der Waals surface area contributed by atoms with E-state index in [0.717, 1.165) is 0 Å². The lowest BCUT2D eigenvalue weighted by Crippen LogP contribution is -2.54. The van der Waals surface area contributed by atoms with Crippen LogP contribution in [0.2, 0.25) is 5.15 Å². The number of anilines is 1. The highest BCUT2D eigenvalue weighted by atomic mass is 35.5. The molecule has 3 amide bonds. The summed E-state index contributed by atoms with van der Waals surface area (Å²) in [7, 11) is 0. The zero-order valence-corrected chi connectivity index (χ0v) is 23.4. The lowest BCUT2D eigenvalue weighted by atomic mass is 9.91. The van der Waals surface area contributed by atoms with Crippen LogP contribution in [-0.4, -0.2) is 107 Å². The van der Waals surface area contributed by atoms with Crippen molar-refractivity contribution in [1.82, 2.24) is 24.7 Å². The van der Waals surface area contributed by atoms with Crippen LogP contribution in [0.1, 0.15) is 41.0 Å². The third-order valence-corrected chi connectivity index (χ3v) is 7.12.